The standard InChI is InChI=1S/C14H12ClN5S/c1-9(10-2-4-11(15)5-3-10)20-13(18-19-14(20)21)12-8-16-6-7-17-12/h2-9H,1H3,(H,19,21). The van der Waals surface area contributed by atoms with Crippen molar-refractivity contribution in [3.63, 3.8) is 0 Å². The molecule has 0 saturated carbocycles. The smallest absolute Gasteiger partial charge is 0.196 e. The highest BCUT2D eigenvalue weighted by molar-refractivity contribution is 7.71. The van der Waals surface area contributed by atoms with E-state index in [0.717, 1.165) is 5.56 Å². The summed E-state index contributed by atoms with van der Waals surface area (Å²) in [6, 6.07) is 7.67. The second-order valence-electron chi connectivity index (χ2n) is 4.54. The summed E-state index contributed by atoms with van der Waals surface area (Å²) in [5, 5.41) is 7.79. The number of aromatic amines is 1. The molecule has 3 rings (SSSR count). The molecular formula is C14H12ClN5S. The first kappa shape index (κ1) is 13.9. The van der Waals surface area contributed by atoms with E-state index in [4.69, 9.17) is 23.8 Å². The molecule has 0 amide bonds. The lowest BCUT2D eigenvalue weighted by molar-refractivity contribution is 0.634. The zero-order valence-electron chi connectivity index (χ0n) is 11.2. The van der Waals surface area contributed by atoms with Crippen LogP contribution in [-0.2, 0) is 0 Å². The van der Waals surface area contributed by atoms with Crippen LogP contribution in [0.15, 0.2) is 42.9 Å². The van der Waals surface area contributed by atoms with Gasteiger partial charge in [-0.3, -0.25) is 14.6 Å². The average Bonchev–Trinajstić information content (AvgIpc) is 2.90. The molecule has 0 aliphatic carbocycles. The molecule has 5 nitrogen and oxygen atoms in total. The highest BCUT2D eigenvalue weighted by Gasteiger charge is 2.17. The van der Waals surface area contributed by atoms with E-state index in [1.807, 2.05) is 28.8 Å². The Morgan fingerprint density at radius 3 is 2.67 bits per heavy atom. The summed E-state index contributed by atoms with van der Waals surface area (Å²) in [7, 11) is 0. The topological polar surface area (TPSA) is 59.4 Å². The van der Waals surface area contributed by atoms with Gasteiger partial charge in [-0.1, -0.05) is 23.7 Å². The SMILES string of the molecule is CC(c1ccc(Cl)cc1)n1c(-c2cnccn2)n[nH]c1=S. The van der Waals surface area contributed by atoms with Crippen LogP contribution in [0.4, 0.5) is 0 Å². The highest BCUT2D eigenvalue weighted by atomic mass is 35.5. The van der Waals surface area contributed by atoms with Crippen molar-refractivity contribution in [1.29, 1.82) is 0 Å². The second-order valence-corrected chi connectivity index (χ2v) is 5.36. The number of nitrogens with zero attached hydrogens (tertiary/aromatic N) is 4. The minimum atomic E-state index is 0.00511. The van der Waals surface area contributed by atoms with E-state index in [1.165, 1.54) is 0 Å². The molecule has 0 saturated heterocycles. The number of hydrogen-bond acceptors (Lipinski definition) is 4. The lowest BCUT2D eigenvalue weighted by Gasteiger charge is -2.15. The van der Waals surface area contributed by atoms with Gasteiger partial charge < -0.3 is 0 Å². The van der Waals surface area contributed by atoms with Crippen LogP contribution in [0.25, 0.3) is 11.5 Å². The Hall–Kier alpha value is -2.05. The van der Waals surface area contributed by atoms with Crippen LogP contribution < -0.4 is 0 Å². The number of nitrogens with one attached hydrogen (secondary N) is 1. The molecule has 1 aromatic carbocycles. The fourth-order valence-corrected chi connectivity index (χ4v) is 2.57. The number of hydrogen-bond donors (Lipinski definition) is 1. The molecule has 1 atom stereocenters. The van der Waals surface area contributed by atoms with Gasteiger partial charge in [0, 0.05) is 17.4 Å². The van der Waals surface area contributed by atoms with E-state index in [-0.39, 0.29) is 6.04 Å². The third-order valence-corrected chi connectivity index (χ3v) is 3.78. The number of benzene rings is 1. The minimum Gasteiger partial charge on any atom is -0.291 e. The maximum absolute atomic E-state index is 5.94. The van der Waals surface area contributed by atoms with Gasteiger partial charge in [-0.15, -0.1) is 0 Å². The van der Waals surface area contributed by atoms with E-state index in [9.17, 15) is 0 Å². The summed E-state index contributed by atoms with van der Waals surface area (Å²) in [4.78, 5) is 8.35. The molecule has 0 fully saturated rings. The fraction of sp³-hybridized carbons (Fsp3) is 0.143. The Bertz CT molecular complexity index is 794. The van der Waals surface area contributed by atoms with Gasteiger partial charge >= 0.3 is 0 Å². The summed E-state index contributed by atoms with van der Waals surface area (Å²) in [5.74, 6) is 0.663. The molecule has 0 aliphatic rings. The lowest BCUT2D eigenvalue weighted by Crippen LogP contribution is -2.09. The molecule has 106 valence electrons. The zero-order chi connectivity index (χ0) is 14.8. The summed E-state index contributed by atoms with van der Waals surface area (Å²) in [6.07, 6.45) is 4.91. The number of H-pyrrole nitrogens is 1. The van der Waals surface area contributed by atoms with Gasteiger partial charge in [0.05, 0.1) is 12.2 Å². The molecule has 0 aliphatic heterocycles. The van der Waals surface area contributed by atoms with Crippen LogP contribution in [0.2, 0.25) is 5.02 Å². The maximum Gasteiger partial charge on any atom is 0.196 e. The van der Waals surface area contributed by atoms with Gasteiger partial charge in [0.2, 0.25) is 0 Å². The van der Waals surface area contributed by atoms with Crippen LogP contribution in [0, 0.1) is 4.77 Å². The molecule has 2 heterocycles. The molecule has 3 aromatic rings. The Balaban J connectivity index is 2.08. The second kappa shape index (κ2) is 5.75. The lowest BCUT2D eigenvalue weighted by atomic mass is 10.1. The van der Waals surface area contributed by atoms with Crippen molar-refractivity contribution in [1.82, 2.24) is 24.7 Å². The Kier molecular flexibility index (Phi) is 3.81. The van der Waals surface area contributed by atoms with Gasteiger partial charge in [0.15, 0.2) is 10.6 Å². The van der Waals surface area contributed by atoms with Gasteiger partial charge in [0.25, 0.3) is 0 Å². The number of aromatic nitrogens is 5. The number of halogens is 1. The van der Waals surface area contributed by atoms with Crippen molar-refractivity contribution in [2.24, 2.45) is 0 Å². The highest BCUT2D eigenvalue weighted by Crippen LogP contribution is 2.25. The van der Waals surface area contributed by atoms with Gasteiger partial charge in [0.1, 0.15) is 5.69 Å². The van der Waals surface area contributed by atoms with Crippen LogP contribution in [0.5, 0.6) is 0 Å². The number of rotatable bonds is 3. The molecule has 1 N–H and O–H groups in total. The van der Waals surface area contributed by atoms with Crippen molar-refractivity contribution in [2.45, 2.75) is 13.0 Å². The van der Waals surface area contributed by atoms with Crippen LogP contribution in [-0.4, -0.2) is 24.7 Å². The summed E-state index contributed by atoms with van der Waals surface area (Å²) < 4.78 is 2.46. The Labute approximate surface area is 131 Å². The molecule has 0 bridgehead atoms. The van der Waals surface area contributed by atoms with Crippen LogP contribution in [0.1, 0.15) is 18.5 Å². The van der Waals surface area contributed by atoms with Crippen molar-refractivity contribution in [3.05, 3.63) is 58.2 Å². The Morgan fingerprint density at radius 2 is 2.00 bits per heavy atom. The van der Waals surface area contributed by atoms with E-state index in [2.05, 4.69) is 27.1 Å². The fourth-order valence-electron chi connectivity index (χ4n) is 2.15. The molecule has 1 unspecified atom stereocenters. The first-order valence-corrected chi connectivity index (χ1v) is 7.14. The zero-order valence-corrected chi connectivity index (χ0v) is 12.8. The van der Waals surface area contributed by atoms with E-state index >= 15 is 0 Å². The summed E-state index contributed by atoms with van der Waals surface area (Å²) >= 11 is 11.3. The Morgan fingerprint density at radius 1 is 1.24 bits per heavy atom. The normalized spacial score (nSPS) is 12.3. The summed E-state index contributed by atoms with van der Waals surface area (Å²) in [5.41, 5.74) is 1.76. The monoisotopic (exact) mass is 317 g/mol. The van der Waals surface area contributed by atoms with E-state index < -0.39 is 0 Å². The van der Waals surface area contributed by atoms with Crippen LogP contribution >= 0.6 is 23.8 Å². The van der Waals surface area contributed by atoms with Crippen molar-refractivity contribution < 1.29 is 0 Å². The first-order valence-electron chi connectivity index (χ1n) is 6.35. The minimum absolute atomic E-state index is 0.00511. The molecule has 0 radical (unpaired) electrons. The molecule has 7 heteroatoms. The van der Waals surface area contributed by atoms with Gasteiger partial charge in [-0.05, 0) is 36.8 Å². The largest absolute Gasteiger partial charge is 0.291 e. The summed E-state index contributed by atoms with van der Waals surface area (Å²) in [6.45, 7) is 2.05. The molecular weight excluding hydrogens is 306 g/mol. The third-order valence-electron chi connectivity index (χ3n) is 3.24. The van der Waals surface area contributed by atoms with Crippen LogP contribution in [0.3, 0.4) is 0 Å². The third kappa shape index (κ3) is 2.72. The molecule has 2 aromatic heterocycles. The maximum atomic E-state index is 5.94. The van der Waals surface area contributed by atoms with Gasteiger partial charge in [-0.2, -0.15) is 5.10 Å². The predicted molar refractivity (Wildman–Crippen MR) is 83.7 cm³/mol. The van der Waals surface area contributed by atoms with E-state index in [1.54, 1.807) is 18.6 Å². The quantitative estimate of drug-likeness (QED) is 0.749. The average molecular weight is 318 g/mol. The van der Waals surface area contributed by atoms with E-state index in [0.29, 0.717) is 21.3 Å². The molecule has 21 heavy (non-hydrogen) atoms. The first-order chi connectivity index (χ1) is 10.2. The van der Waals surface area contributed by atoms with Crippen molar-refractivity contribution in [3.8, 4) is 11.5 Å². The van der Waals surface area contributed by atoms with Gasteiger partial charge in [-0.25, -0.2) is 4.98 Å². The van der Waals surface area contributed by atoms with Crippen molar-refractivity contribution >= 4 is 23.8 Å². The van der Waals surface area contributed by atoms with Crippen molar-refractivity contribution in [2.75, 3.05) is 0 Å². The predicted octanol–water partition coefficient (Wildman–Crippen LogP) is 3.66. The molecule has 0 spiro atoms.